The van der Waals surface area contributed by atoms with Gasteiger partial charge in [-0.3, -0.25) is 9.64 Å². The van der Waals surface area contributed by atoms with Crippen molar-refractivity contribution < 1.29 is 18.3 Å². The topological polar surface area (TPSA) is 67.3 Å². The van der Waals surface area contributed by atoms with Crippen LogP contribution in [0, 0.1) is 29.5 Å². The van der Waals surface area contributed by atoms with Gasteiger partial charge in [-0.1, -0.05) is 30.3 Å². The summed E-state index contributed by atoms with van der Waals surface area (Å²) in [5, 5.41) is 8.92. The SMILES string of the molecule is [C-]#[N+]C(C#N)C(=O)c1ccc2c(OC)c(F)c(-c3ccccc3)nc2c1F. The second-order valence-electron chi connectivity index (χ2n) is 5.52. The molecule has 0 aliphatic rings. The average molecular weight is 363 g/mol. The number of rotatable bonds is 4. The molecule has 0 aliphatic carbocycles. The Kier molecular flexibility index (Phi) is 4.78. The first-order chi connectivity index (χ1) is 13.0. The van der Waals surface area contributed by atoms with Crippen molar-refractivity contribution in [2.75, 3.05) is 7.11 Å². The number of hydrogen-bond donors (Lipinski definition) is 0. The minimum Gasteiger partial charge on any atom is -0.493 e. The van der Waals surface area contributed by atoms with Gasteiger partial charge in [-0.25, -0.2) is 20.3 Å². The molecule has 5 nitrogen and oxygen atoms in total. The van der Waals surface area contributed by atoms with E-state index in [0.29, 0.717) is 5.56 Å². The Morgan fingerprint density at radius 3 is 2.52 bits per heavy atom. The quantitative estimate of drug-likeness (QED) is 0.515. The molecule has 1 aromatic heterocycles. The Bertz CT molecular complexity index is 1120. The lowest BCUT2D eigenvalue weighted by atomic mass is 10.0. The molecule has 3 aromatic rings. The van der Waals surface area contributed by atoms with Crippen LogP contribution in [0.1, 0.15) is 10.4 Å². The summed E-state index contributed by atoms with van der Waals surface area (Å²) in [5.41, 5.74) is -0.460. The van der Waals surface area contributed by atoms with E-state index < -0.39 is 29.0 Å². The molecule has 0 bridgehead atoms. The predicted molar refractivity (Wildman–Crippen MR) is 94.0 cm³/mol. The number of pyridine rings is 1. The summed E-state index contributed by atoms with van der Waals surface area (Å²) in [6.45, 7) is 6.89. The van der Waals surface area contributed by atoms with E-state index in [1.807, 2.05) is 0 Å². The molecule has 0 spiro atoms. The second kappa shape index (κ2) is 7.19. The smallest absolute Gasteiger partial charge is 0.368 e. The fourth-order valence-corrected chi connectivity index (χ4v) is 2.71. The maximum atomic E-state index is 15.0. The number of carbonyl (C=O) groups excluding carboxylic acids is 1. The summed E-state index contributed by atoms with van der Waals surface area (Å²) in [6.07, 6.45) is 0. The third-order valence-electron chi connectivity index (χ3n) is 4.01. The van der Waals surface area contributed by atoms with Gasteiger partial charge in [0.25, 0.3) is 5.78 Å². The zero-order chi connectivity index (χ0) is 19.6. The monoisotopic (exact) mass is 363 g/mol. The fraction of sp³-hybridized carbons (Fsp3) is 0.100. The highest BCUT2D eigenvalue weighted by Gasteiger charge is 2.29. The van der Waals surface area contributed by atoms with E-state index in [1.165, 1.54) is 19.2 Å². The second-order valence-corrected chi connectivity index (χ2v) is 5.52. The number of aromatic nitrogens is 1. The maximum absolute atomic E-state index is 15.0. The molecule has 0 aliphatic heterocycles. The molecule has 0 radical (unpaired) electrons. The standard InChI is InChI=1S/C20H11F2N3O2/c1-24-14(10-23)19(26)12-8-9-13-18(15(12)21)25-17(16(22)20(13)27-2)11-6-4-3-5-7-11/h3-9,14H,2H3. The molecule has 1 unspecified atom stereocenters. The van der Waals surface area contributed by atoms with Gasteiger partial charge in [-0.2, -0.15) is 5.26 Å². The molecular formula is C20H11F2N3O2. The van der Waals surface area contributed by atoms with Crippen molar-refractivity contribution in [2.24, 2.45) is 0 Å². The number of benzene rings is 2. The third-order valence-corrected chi connectivity index (χ3v) is 4.01. The molecule has 0 saturated heterocycles. The van der Waals surface area contributed by atoms with Crippen molar-refractivity contribution in [3.05, 3.63) is 71.1 Å². The molecule has 2 aromatic carbocycles. The largest absolute Gasteiger partial charge is 0.493 e. The van der Waals surface area contributed by atoms with E-state index in [9.17, 15) is 9.18 Å². The zero-order valence-electron chi connectivity index (χ0n) is 14.0. The van der Waals surface area contributed by atoms with Crippen LogP contribution in [0.5, 0.6) is 5.75 Å². The minimum atomic E-state index is -1.66. The lowest BCUT2D eigenvalue weighted by Crippen LogP contribution is -2.17. The number of nitrogens with zero attached hydrogens (tertiary/aromatic N) is 3. The lowest BCUT2D eigenvalue weighted by Gasteiger charge is -2.12. The highest BCUT2D eigenvalue weighted by Crippen LogP contribution is 2.36. The van der Waals surface area contributed by atoms with Gasteiger partial charge < -0.3 is 4.74 Å². The fourth-order valence-electron chi connectivity index (χ4n) is 2.71. The van der Waals surface area contributed by atoms with Gasteiger partial charge >= 0.3 is 6.04 Å². The van der Waals surface area contributed by atoms with Crippen molar-refractivity contribution >= 4 is 16.7 Å². The number of halogens is 2. The van der Waals surface area contributed by atoms with Crippen molar-refractivity contribution in [3.63, 3.8) is 0 Å². The molecule has 7 heteroatoms. The van der Waals surface area contributed by atoms with E-state index in [4.69, 9.17) is 16.6 Å². The predicted octanol–water partition coefficient (Wildman–Crippen LogP) is 4.18. The number of nitriles is 1. The summed E-state index contributed by atoms with van der Waals surface area (Å²) < 4.78 is 35.0. The number of methoxy groups -OCH3 is 1. The highest BCUT2D eigenvalue weighted by molar-refractivity contribution is 6.06. The number of ketones is 1. The summed E-state index contributed by atoms with van der Waals surface area (Å²) in [4.78, 5) is 19.2. The van der Waals surface area contributed by atoms with Crippen molar-refractivity contribution in [1.29, 1.82) is 5.26 Å². The summed E-state index contributed by atoms with van der Waals surface area (Å²) >= 11 is 0. The first kappa shape index (κ1) is 18.0. The average Bonchev–Trinajstić information content (AvgIpc) is 2.69. The van der Waals surface area contributed by atoms with Gasteiger partial charge in [0.05, 0.1) is 12.7 Å². The van der Waals surface area contributed by atoms with Crippen LogP contribution in [-0.4, -0.2) is 23.9 Å². The Hall–Kier alpha value is -3.84. The lowest BCUT2D eigenvalue weighted by molar-refractivity contribution is 0.0988. The molecule has 0 N–H and O–H groups in total. The molecule has 0 saturated carbocycles. The van der Waals surface area contributed by atoms with E-state index in [2.05, 4.69) is 9.83 Å². The first-order valence-electron chi connectivity index (χ1n) is 7.75. The molecule has 1 atom stereocenters. The van der Waals surface area contributed by atoms with Crippen LogP contribution in [0.4, 0.5) is 8.78 Å². The molecule has 3 rings (SSSR count). The van der Waals surface area contributed by atoms with Crippen LogP contribution in [0.3, 0.4) is 0 Å². The number of hydrogen-bond acceptors (Lipinski definition) is 4. The Balaban J connectivity index is 2.32. The molecular weight excluding hydrogens is 352 g/mol. The van der Waals surface area contributed by atoms with Crippen molar-refractivity contribution in [1.82, 2.24) is 4.98 Å². The number of ether oxygens (including phenoxy) is 1. The van der Waals surface area contributed by atoms with E-state index in [1.54, 1.807) is 30.3 Å². The number of carbonyl (C=O) groups is 1. The number of fused-ring (bicyclic) bond motifs is 1. The molecule has 0 amide bonds. The van der Waals surface area contributed by atoms with Gasteiger partial charge in [0, 0.05) is 10.9 Å². The summed E-state index contributed by atoms with van der Waals surface area (Å²) in [5.74, 6) is -2.97. The van der Waals surface area contributed by atoms with E-state index in [0.717, 1.165) is 6.07 Å². The molecule has 0 fully saturated rings. The van der Waals surface area contributed by atoms with Gasteiger partial charge in [-0.05, 0) is 12.1 Å². The van der Waals surface area contributed by atoms with Gasteiger partial charge in [0.2, 0.25) is 0 Å². The van der Waals surface area contributed by atoms with Crippen LogP contribution in [0.2, 0.25) is 0 Å². The minimum absolute atomic E-state index is 0.0417. The van der Waals surface area contributed by atoms with Crippen LogP contribution < -0.4 is 4.74 Å². The Morgan fingerprint density at radius 1 is 1.22 bits per heavy atom. The van der Waals surface area contributed by atoms with Gasteiger partial charge in [0.1, 0.15) is 11.2 Å². The zero-order valence-corrected chi connectivity index (χ0v) is 14.0. The van der Waals surface area contributed by atoms with Gasteiger partial charge in [0.15, 0.2) is 23.5 Å². The maximum Gasteiger partial charge on any atom is 0.368 e. The van der Waals surface area contributed by atoms with Crippen LogP contribution in [0.15, 0.2) is 42.5 Å². The normalized spacial score (nSPS) is 11.4. The summed E-state index contributed by atoms with van der Waals surface area (Å²) in [7, 11) is 1.24. The highest BCUT2D eigenvalue weighted by atomic mass is 19.1. The van der Waals surface area contributed by atoms with E-state index in [-0.39, 0.29) is 22.3 Å². The van der Waals surface area contributed by atoms with Crippen LogP contribution >= 0.6 is 0 Å². The van der Waals surface area contributed by atoms with E-state index >= 15 is 4.39 Å². The van der Waals surface area contributed by atoms with Crippen molar-refractivity contribution in [2.45, 2.75) is 6.04 Å². The third kappa shape index (κ3) is 2.96. The number of Topliss-reactive ketones (excluding diaryl/α,β-unsaturated/α-hetero) is 1. The van der Waals surface area contributed by atoms with Crippen LogP contribution in [-0.2, 0) is 0 Å². The Labute approximate surface area is 153 Å². The first-order valence-corrected chi connectivity index (χ1v) is 7.75. The Morgan fingerprint density at radius 2 is 1.93 bits per heavy atom. The van der Waals surface area contributed by atoms with Crippen molar-refractivity contribution in [3.8, 4) is 23.1 Å². The molecule has 1 heterocycles. The van der Waals surface area contributed by atoms with Crippen LogP contribution in [0.25, 0.3) is 27.0 Å². The summed E-state index contributed by atoms with van der Waals surface area (Å²) in [6, 6.07) is 10.5. The molecule has 132 valence electrons. The van der Waals surface area contributed by atoms with Gasteiger partial charge in [-0.15, -0.1) is 0 Å². The molecule has 27 heavy (non-hydrogen) atoms.